The number of nitrogens with one attached hydrogen (secondary N) is 14. The van der Waals surface area contributed by atoms with Crippen LogP contribution in [-0.4, -0.2) is 257 Å². The van der Waals surface area contributed by atoms with Crippen LogP contribution in [0.4, 0.5) is 121 Å². The number of piperazine rings is 1. The molecule has 7 fully saturated rings. The number of piperidine rings is 5. The number of likely N-dealkylation sites (tertiary alicyclic amines) is 4. The molecule has 2 atom stereocenters. The van der Waals surface area contributed by atoms with Crippen molar-refractivity contribution < 1.29 is 27.6 Å². The van der Waals surface area contributed by atoms with E-state index >= 15 is 8.78 Å². The molecule has 4 aromatic carbocycles. The number of urea groups is 3. The quantitative estimate of drug-likeness (QED) is 0.0318. The van der Waals surface area contributed by atoms with E-state index in [4.69, 9.17) is 46.4 Å². The van der Waals surface area contributed by atoms with E-state index < -0.39 is 0 Å². The molecule has 19 rings (SSSR count). The van der Waals surface area contributed by atoms with Gasteiger partial charge in [-0.15, -0.1) is 0 Å². The van der Waals surface area contributed by atoms with Crippen LogP contribution in [0.3, 0.4) is 0 Å². The highest BCUT2D eigenvalue weighted by Gasteiger charge is 2.36. The number of benzene rings is 4. The van der Waals surface area contributed by atoms with Crippen molar-refractivity contribution in [1.29, 1.82) is 0 Å². The number of nitrogens with zero attached hydrogens (tertiary/aromatic N) is 19. The lowest BCUT2D eigenvalue weighted by Gasteiger charge is -2.40. The van der Waals surface area contributed by atoms with Gasteiger partial charge in [0.25, 0.3) is 0 Å². The summed E-state index contributed by atoms with van der Waals surface area (Å²) in [5.41, 5.74) is 15.3. The third kappa shape index (κ3) is 25.8. The normalized spacial score (nSPS) is 17.6. The lowest BCUT2D eigenvalue weighted by atomic mass is 9.84. The summed E-state index contributed by atoms with van der Waals surface area (Å²) in [5.74, 6) is 5.43. The molecule has 746 valence electrons. The lowest BCUT2D eigenvalue weighted by Crippen LogP contribution is -2.53. The fourth-order valence-corrected chi connectivity index (χ4v) is 19.7. The molecule has 6 amide bonds. The van der Waals surface area contributed by atoms with Gasteiger partial charge in [-0.3, -0.25) is 20.4 Å². The van der Waals surface area contributed by atoms with Crippen molar-refractivity contribution in [3.63, 3.8) is 0 Å². The van der Waals surface area contributed by atoms with Crippen molar-refractivity contribution >= 4 is 158 Å². The van der Waals surface area contributed by atoms with Crippen LogP contribution in [0, 0.1) is 79.8 Å². The summed E-state index contributed by atoms with van der Waals surface area (Å²) in [7, 11) is 4.22. The Bertz CT molecular complexity index is 6400. The van der Waals surface area contributed by atoms with Gasteiger partial charge in [0.05, 0.1) is 41.8 Å². The molecule has 0 saturated carbocycles. The van der Waals surface area contributed by atoms with Crippen molar-refractivity contribution in [2.45, 2.75) is 169 Å². The van der Waals surface area contributed by atoms with Gasteiger partial charge in [0.2, 0.25) is 23.8 Å². The average molecular weight is 2010 g/mol. The first-order valence-corrected chi connectivity index (χ1v) is 49.4. The Morgan fingerprint density at radius 2 is 0.702 bits per heavy atom. The standard InChI is InChI=1S/C26H33ClFN9O.C25H32ClFN8.C25H30ClN9O2.C22H27ClFN7/c1-16-12-22(30-25-29-15-20(27)24(32-25)31-23-13-17(2)33-34-23)21(28)14-19(16)18-4-6-36(7-5-18)26(38)37-10-8-35(3)9-11-37;1-15-11-22(30-25-29-14-20(26)24(32-25)31-23-12-16(2)33-34-23)21(27)13-19(15)17-5-9-35(10-6-17)18-3-7-28-8-4-18;1-14-11-20(29-23-28-13-19(26)22(31-23)30-21-12-16(3)32-33-21)15(2)10-18(14)17-4-7-34(8-5-17)25(37)35-9-6-27-24(35)36;1-12-7-19(18(24)10-16(12)15-5-6-31(4)14(3)9-15)26-22-25-11-17(23)21(28-22)27-20-8-13(2)29-30-20/h12-15,18H,4-11H2,1-3H3,(H3,29,30,31,32,33,34);11-14,17-18,28H,3-10H2,1-2H3,(H3,29,30,31,32,33,34);10-13,17H,4-9H2,1-3H3,(H,27,36)(H3,28,29,30,31,32,33);7-8,10-11,14-15H,5-6,9H2,1-4H3,(H3,25,26,27,28,29,30). The number of amides is 6. The molecule has 0 aliphatic carbocycles. The molecule has 141 heavy (non-hydrogen) atoms. The largest absolute Gasteiger partial charge is 0.336 e. The molecule has 8 aromatic heterocycles. The monoisotopic (exact) mass is 2010 g/mol. The SMILES string of the molecule is Cc1cc(Nc2nc(Nc3cc(C)c(C4CCN(C(=O)N5CCN(C)CC5)CC4)cc3F)ncc2Cl)n[nH]1.Cc1cc(Nc2nc(Nc3cc(C)c(C4CCN(C(=O)N5CCNC5=O)CC4)cc3C)ncc2Cl)n[nH]1.Cc1cc(Nc2nc(Nc3cc(C)c(C4CCN(C)C(C)C4)cc3F)ncc2Cl)n[nH]1.Cc1cc(Nc2nc(Nc3cc(C)c(C4CCN(C5CCNCC5)CC4)cc3F)ncc2Cl)n[nH]1. The number of aromatic nitrogens is 16. The fourth-order valence-electron chi connectivity index (χ4n) is 19.2. The first-order valence-electron chi connectivity index (χ1n) is 47.9. The van der Waals surface area contributed by atoms with Crippen molar-refractivity contribution in [2.75, 3.05) is 155 Å². The van der Waals surface area contributed by atoms with E-state index in [1.54, 1.807) is 35.4 Å². The highest BCUT2D eigenvalue weighted by atomic mass is 35.5. The van der Waals surface area contributed by atoms with Crippen LogP contribution in [-0.2, 0) is 0 Å². The van der Waals surface area contributed by atoms with Gasteiger partial charge < -0.3 is 82.6 Å². The first-order chi connectivity index (χ1) is 67.8. The molecule has 36 nitrogen and oxygen atoms in total. The number of rotatable bonds is 21. The van der Waals surface area contributed by atoms with E-state index in [9.17, 15) is 18.8 Å². The summed E-state index contributed by atoms with van der Waals surface area (Å²) in [6.07, 6.45) is 16.0. The van der Waals surface area contributed by atoms with Crippen LogP contribution < -0.4 is 53.2 Å². The number of carbonyl (C=O) groups is 3. The summed E-state index contributed by atoms with van der Waals surface area (Å²) < 4.78 is 45.4. The topological polar surface area (TPSA) is 412 Å². The number of likely N-dealkylation sites (N-methyl/N-ethyl adjacent to an activating group) is 1. The zero-order chi connectivity index (χ0) is 99.4. The number of aromatic amines is 4. The number of anilines is 16. The number of halogens is 7. The average Bonchev–Trinajstić information content (AvgIpc) is 1.21. The van der Waals surface area contributed by atoms with Crippen LogP contribution >= 0.6 is 46.4 Å². The maximum absolute atomic E-state index is 15.2. The molecule has 7 aliphatic heterocycles. The summed E-state index contributed by atoms with van der Waals surface area (Å²) in [6.45, 7) is 32.4. The van der Waals surface area contributed by atoms with Crippen LogP contribution in [0.25, 0.3) is 0 Å². The Morgan fingerprint density at radius 3 is 1.06 bits per heavy atom. The predicted molar refractivity (Wildman–Crippen MR) is 548 cm³/mol. The minimum absolute atomic E-state index is 0.123. The Balaban J connectivity index is 0.000000136. The third-order valence-corrected chi connectivity index (χ3v) is 28.3. The smallest absolute Gasteiger partial charge is 0.328 e. The number of aryl methyl sites for hydroxylation is 9. The maximum atomic E-state index is 15.2. The predicted octanol–water partition coefficient (Wildman–Crippen LogP) is 19.6. The maximum Gasteiger partial charge on any atom is 0.328 e. The van der Waals surface area contributed by atoms with Gasteiger partial charge >= 0.3 is 18.1 Å². The van der Waals surface area contributed by atoms with E-state index in [2.05, 4.69) is 202 Å². The number of carbonyl (C=O) groups excluding carboxylic acids is 3. The molecule has 0 radical (unpaired) electrons. The van der Waals surface area contributed by atoms with Crippen LogP contribution in [0.2, 0.25) is 20.1 Å². The van der Waals surface area contributed by atoms with Crippen LogP contribution in [0.5, 0.6) is 0 Å². The van der Waals surface area contributed by atoms with E-state index in [-0.39, 0.29) is 65.0 Å². The second kappa shape index (κ2) is 45.9. The Labute approximate surface area is 837 Å². The number of hydrogen-bond acceptors (Lipinski definition) is 27. The number of H-pyrrole nitrogens is 4. The number of imide groups is 1. The molecule has 15 heterocycles. The van der Waals surface area contributed by atoms with Gasteiger partial charge in [0, 0.05) is 130 Å². The minimum Gasteiger partial charge on any atom is -0.336 e. The Morgan fingerprint density at radius 1 is 0.369 bits per heavy atom. The van der Waals surface area contributed by atoms with E-state index in [0.29, 0.717) is 153 Å². The lowest BCUT2D eigenvalue weighted by molar-refractivity contribution is 0.113. The van der Waals surface area contributed by atoms with Crippen LogP contribution in [0.15, 0.2) is 97.6 Å². The van der Waals surface area contributed by atoms with E-state index in [1.165, 1.54) is 41.9 Å². The first kappa shape index (κ1) is 101. The molecule has 14 N–H and O–H groups in total. The summed E-state index contributed by atoms with van der Waals surface area (Å²) in [5, 5.41) is 60.0. The second-order valence-corrected chi connectivity index (χ2v) is 39.1. The van der Waals surface area contributed by atoms with Crippen molar-refractivity contribution in [2.24, 2.45) is 0 Å². The molecule has 12 aromatic rings. The van der Waals surface area contributed by atoms with Gasteiger partial charge in [-0.1, -0.05) is 52.5 Å². The summed E-state index contributed by atoms with van der Waals surface area (Å²) in [6, 6.07) is 22.9. The molecule has 2 unspecified atom stereocenters. The molecular formula is C98H122Cl4F3N33O3. The Hall–Kier alpha value is -12.8. The van der Waals surface area contributed by atoms with E-state index in [0.717, 1.165) is 183 Å². The second-order valence-electron chi connectivity index (χ2n) is 37.5. The summed E-state index contributed by atoms with van der Waals surface area (Å²) >= 11 is 25.0. The molecule has 7 aliphatic rings. The molecule has 0 bridgehead atoms. The zero-order valence-electron chi connectivity index (χ0n) is 81.2. The minimum atomic E-state index is -0.377. The molecule has 43 heteroatoms. The van der Waals surface area contributed by atoms with Crippen molar-refractivity contribution in [3.05, 3.63) is 208 Å². The van der Waals surface area contributed by atoms with Gasteiger partial charge in [-0.25, -0.2) is 52.4 Å². The van der Waals surface area contributed by atoms with E-state index in [1.807, 2.05) is 87.7 Å². The molecular weight excluding hydrogens is 1890 g/mol. The van der Waals surface area contributed by atoms with Gasteiger partial charge in [0.15, 0.2) is 46.5 Å². The zero-order valence-corrected chi connectivity index (χ0v) is 84.3. The summed E-state index contributed by atoms with van der Waals surface area (Å²) in [4.78, 5) is 86.3. The van der Waals surface area contributed by atoms with Crippen LogP contribution in [0.1, 0.15) is 168 Å². The fraction of sp³-hybridized carbons (Fsp3) is 0.439. The number of hydrogen-bond donors (Lipinski definition) is 14. The van der Waals surface area contributed by atoms with Gasteiger partial charge in [-0.2, -0.15) is 40.3 Å². The highest BCUT2D eigenvalue weighted by Crippen LogP contribution is 2.42. The highest BCUT2D eigenvalue weighted by molar-refractivity contribution is 6.34. The molecule has 7 saturated heterocycles. The van der Waals surface area contributed by atoms with Gasteiger partial charge in [0.1, 0.15) is 37.5 Å². The van der Waals surface area contributed by atoms with Gasteiger partial charge in [-0.05, 0) is 296 Å². The van der Waals surface area contributed by atoms with Crippen molar-refractivity contribution in [3.8, 4) is 0 Å². The Kier molecular flexibility index (Phi) is 32.9. The third-order valence-electron chi connectivity index (χ3n) is 27.2. The van der Waals surface area contributed by atoms with Crippen molar-refractivity contribution in [1.82, 2.24) is 126 Å². The molecule has 0 spiro atoms.